The van der Waals surface area contributed by atoms with Crippen molar-refractivity contribution in [2.75, 3.05) is 7.11 Å². The molecule has 0 bridgehead atoms. The van der Waals surface area contributed by atoms with Crippen LogP contribution in [0.3, 0.4) is 0 Å². The van der Waals surface area contributed by atoms with E-state index in [9.17, 15) is 9.90 Å². The van der Waals surface area contributed by atoms with Crippen LogP contribution in [0.25, 0.3) is 0 Å². The molecule has 21 heavy (non-hydrogen) atoms. The zero-order valence-electron chi connectivity index (χ0n) is 12.3. The van der Waals surface area contributed by atoms with Crippen molar-refractivity contribution in [3.8, 4) is 11.5 Å². The van der Waals surface area contributed by atoms with E-state index in [4.69, 9.17) is 9.84 Å². The molecule has 4 nitrogen and oxygen atoms in total. The molecule has 0 saturated heterocycles. The first kappa shape index (κ1) is 14.9. The number of hydrogen-bond donors (Lipinski definition) is 2. The van der Waals surface area contributed by atoms with Gasteiger partial charge in [0.2, 0.25) is 0 Å². The van der Waals surface area contributed by atoms with Crippen LogP contribution in [0.1, 0.15) is 35.3 Å². The molecule has 4 heteroatoms. The van der Waals surface area contributed by atoms with Crippen LogP contribution in [0, 0.1) is 0 Å². The van der Waals surface area contributed by atoms with E-state index in [1.54, 1.807) is 13.2 Å². The van der Waals surface area contributed by atoms with Gasteiger partial charge < -0.3 is 14.9 Å². The molecule has 0 aromatic heterocycles. The topological polar surface area (TPSA) is 66.8 Å². The summed E-state index contributed by atoms with van der Waals surface area (Å²) in [7, 11) is 1.61. The summed E-state index contributed by atoms with van der Waals surface area (Å²) >= 11 is 0. The molecular weight excluding hydrogens is 268 g/mol. The van der Waals surface area contributed by atoms with Crippen molar-refractivity contribution in [2.24, 2.45) is 0 Å². The molecule has 0 heterocycles. The first-order valence-corrected chi connectivity index (χ1v) is 6.57. The molecule has 2 rings (SSSR count). The van der Waals surface area contributed by atoms with E-state index in [1.807, 2.05) is 38.1 Å². The van der Waals surface area contributed by atoms with Gasteiger partial charge in [-0.2, -0.15) is 0 Å². The second-order valence-electron chi connectivity index (χ2n) is 5.39. The van der Waals surface area contributed by atoms with Crippen LogP contribution >= 0.6 is 0 Å². The molecule has 0 saturated carbocycles. The number of rotatable bonds is 4. The predicted molar refractivity (Wildman–Crippen MR) is 80.2 cm³/mol. The lowest BCUT2D eigenvalue weighted by atomic mass is 9.77. The fourth-order valence-electron chi connectivity index (χ4n) is 2.27. The third kappa shape index (κ3) is 2.84. The van der Waals surface area contributed by atoms with Crippen molar-refractivity contribution >= 4 is 5.97 Å². The van der Waals surface area contributed by atoms with Crippen molar-refractivity contribution in [1.82, 2.24) is 0 Å². The van der Waals surface area contributed by atoms with Crippen LogP contribution in [-0.2, 0) is 5.41 Å². The number of ether oxygens (including phenoxy) is 1. The van der Waals surface area contributed by atoms with E-state index in [0.29, 0.717) is 0 Å². The van der Waals surface area contributed by atoms with Gasteiger partial charge in [-0.15, -0.1) is 0 Å². The van der Waals surface area contributed by atoms with Crippen LogP contribution in [0.15, 0.2) is 42.5 Å². The largest absolute Gasteiger partial charge is 0.507 e. The number of methoxy groups -OCH3 is 1. The summed E-state index contributed by atoms with van der Waals surface area (Å²) in [5, 5.41) is 18.7. The van der Waals surface area contributed by atoms with E-state index >= 15 is 0 Å². The smallest absolute Gasteiger partial charge is 0.339 e. The van der Waals surface area contributed by atoms with Gasteiger partial charge in [0.1, 0.15) is 17.1 Å². The minimum absolute atomic E-state index is 0.0888. The van der Waals surface area contributed by atoms with Crippen molar-refractivity contribution < 1.29 is 19.7 Å². The maximum absolute atomic E-state index is 11.1. The van der Waals surface area contributed by atoms with Crippen molar-refractivity contribution in [3.05, 3.63) is 59.2 Å². The Balaban J connectivity index is 2.47. The molecule has 2 N–H and O–H groups in total. The van der Waals surface area contributed by atoms with Crippen LogP contribution in [0.5, 0.6) is 11.5 Å². The Bertz CT molecular complexity index is 657. The summed E-state index contributed by atoms with van der Waals surface area (Å²) in [5.74, 6) is -0.594. The maximum atomic E-state index is 11.1. The van der Waals surface area contributed by atoms with E-state index in [0.717, 1.165) is 16.9 Å². The van der Waals surface area contributed by atoms with Gasteiger partial charge >= 0.3 is 5.97 Å². The Hall–Kier alpha value is -2.49. The van der Waals surface area contributed by atoms with E-state index in [-0.39, 0.29) is 16.7 Å². The Morgan fingerprint density at radius 1 is 1.05 bits per heavy atom. The molecule has 0 amide bonds. The Labute approximate surface area is 123 Å². The van der Waals surface area contributed by atoms with Gasteiger partial charge in [0.15, 0.2) is 0 Å². The summed E-state index contributed by atoms with van der Waals surface area (Å²) in [5.41, 5.74) is 1.38. The summed E-state index contributed by atoms with van der Waals surface area (Å²) in [6.45, 7) is 4.01. The number of carboxylic acids is 1. The maximum Gasteiger partial charge on any atom is 0.339 e. The second-order valence-corrected chi connectivity index (χ2v) is 5.39. The third-order valence-electron chi connectivity index (χ3n) is 3.76. The summed E-state index contributed by atoms with van der Waals surface area (Å²) in [4.78, 5) is 11.1. The highest BCUT2D eigenvalue weighted by Crippen LogP contribution is 2.34. The average Bonchev–Trinajstić information content (AvgIpc) is 2.47. The molecular formula is C17H18O4. The van der Waals surface area contributed by atoms with Gasteiger partial charge in [-0.3, -0.25) is 0 Å². The van der Waals surface area contributed by atoms with Crippen LogP contribution < -0.4 is 4.74 Å². The Morgan fingerprint density at radius 2 is 1.62 bits per heavy atom. The molecule has 2 aromatic carbocycles. The highest BCUT2D eigenvalue weighted by Gasteiger charge is 2.25. The number of phenols is 1. The number of aromatic carboxylic acids is 1. The molecule has 2 aromatic rings. The van der Waals surface area contributed by atoms with Gasteiger partial charge in [0, 0.05) is 5.41 Å². The van der Waals surface area contributed by atoms with Crippen molar-refractivity contribution in [1.29, 1.82) is 0 Å². The lowest BCUT2D eigenvalue weighted by Gasteiger charge is -2.26. The minimum atomic E-state index is -1.14. The second kappa shape index (κ2) is 5.48. The monoisotopic (exact) mass is 286 g/mol. The van der Waals surface area contributed by atoms with E-state index < -0.39 is 5.97 Å². The lowest BCUT2D eigenvalue weighted by molar-refractivity contribution is 0.0693. The predicted octanol–water partition coefficient (Wildman–Crippen LogP) is 3.42. The molecule has 0 aliphatic rings. The fourth-order valence-corrected chi connectivity index (χ4v) is 2.27. The number of aromatic hydroxyl groups is 1. The summed E-state index contributed by atoms with van der Waals surface area (Å²) < 4.78 is 5.14. The van der Waals surface area contributed by atoms with Gasteiger partial charge in [-0.1, -0.05) is 32.0 Å². The van der Waals surface area contributed by atoms with E-state index in [1.165, 1.54) is 12.1 Å². The molecule has 0 fully saturated rings. The number of carbonyl (C=O) groups is 1. The highest BCUT2D eigenvalue weighted by molar-refractivity contribution is 5.91. The standard InChI is InChI=1S/C17H18O4/c1-17(2,11-4-7-13(21-3)8-5-11)12-6-9-15(18)14(10-12)16(19)20/h4-10,18H,1-3H3,(H,19,20). The first-order chi connectivity index (χ1) is 9.86. The number of carboxylic acid groups (broad SMARTS) is 1. The van der Waals surface area contributed by atoms with Crippen LogP contribution in [0.4, 0.5) is 0 Å². The van der Waals surface area contributed by atoms with Crippen molar-refractivity contribution in [2.45, 2.75) is 19.3 Å². The van der Waals surface area contributed by atoms with Gasteiger partial charge in [-0.25, -0.2) is 4.79 Å². The lowest BCUT2D eigenvalue weighted by Crippen LogP contribution is -2.19. The Kier molecular flexibility index (Phi) is 3.89. The number of benzene rings is 2. The van der Waals surface area contributed by atoms with Gasteiger partial charge in [0.25, 0.3) is 0 Å². The minimum Gasteiger partial charge on any atom is -0.507 e. The third-order valence-corrected chi connectivity index (χ3v) is 3.76. The molecule has 0 spiro atoms. The molecule has 0 aliphatic carbocycles. The van der Waals surface area contributed by atoms with Gasteiger partial charge in [0.05, 0.1) is 7.11 Å². The molecule has 110 valence electrons. The van der Waals surface area contributed by atoms with E-state index in [2.05, 4.69) is 0 Å². The van der Waals surface area contributed by atoms with Gasteiger partial charge in [-0.05, 0) is 35.4 Å². The summed E-state index contributed by atoms with van der Waals surface area (Å²) in [6.07, 6.45) is 0. The molecule has 0 atom stereocenters. The highest BCUT2D eigenvalue weighted by atomic mass is 16.5. The van der Waals surface area contributed by atoms with Crippen molar-refractivity contribution in [3.63, 3.8) is 0 Å². The first-order valence-electron chi connectivity index (χ1n) is 6.57. The van der Waals surface area contributed by atoms with Crippen LogP contribution in [0.2, 0.25) is 0 Å². The fraction of sp³-hybridized carbons (Fsp3) is 0.235. The average molecular weight is 286 g/mol. The molecule has 0 unspecified atom stereocenters. The number of hydrogen-bond acceptors (Lipinski definition) is 3. The van der Waals surface area contributed by atoms with Crippen LogP contribution in [-0.4, -0.2) is 23.3 Å². The zero-order chi connectivity index (χ0) is 15.6. The quantitative estimate of drug-likeness (QED) is 0.903. The zero-order valence-corrected chi connectivity index (χ0v) is 12.3. The SMILES string of the molecule is COc1ccc(C(C)(C)c2ccc(O)c(C(=O)O)c2)cc1. The molecule has 0 aliphatic heterocycles. The molecule has 0 radical (unpaired) electrons. The normalized spacial score (nSPS) is 11.2. The summed E-state index contributed by atoms with van der Waals surface area (Å²) in [6, 6.07) is 12.3. The Morgan fingerprint density at radius 3 is 2.14 bits per heavy atom.